The molecule has 3 nitrogen and oxygen atoms in total. The quantitative estimate of drug-likeness (QED) is 0.664. The number of methoxy groups -OCH3 is 1. The Morgan fingerprint density at radius 1 is 0.750 bits per heavy atom. The standard InChI is InChI=1S/C21H41NO2/c1-20(19(23)24-4)15-13-11-9-7-5-6-8-10-12-14-16-21(2,22-3)18-17-20/h22H,5-18H2,1-4H3. The van der Waals surface area contributed by atoms with Gasteiger partial charge >= 0.3 is 5.97 Å². The average Bonchev–Trinajstić information content (AvgIpc) is 2.59. The van der Waals surface area contributed by atoms with Crippen LogP contribution < -0.4 is 5.32 Å². The Kier molecular flexibility index (Phi) is 9.95. The van der Waals surface area contributed by atoms with Crippen LogP contribution in [0, 0.1) is 5.41 Å². The van der Waals surface area contributed by atoms with Gasteiger partial charge in [0, 0.05) is 5.54 Å². The lowest BCUT2D eigenvalue weighted by molar-refractivity contribution is -0.153. The Morgan fingerprint density at radius 3 is 1.67 bits per heavy atom. The van der Waals surface area contributed by atoms with Gasteiger partial charge in [0.1, 0.15) is 0 Å². The lowest BCUT2D eigenvalue weighted by Crippen LogP contribution is -2.42. The summed E-state index contributed by atoms with van der Waals surface area (Å²) in [7, 11) is 3.59. The zero-order chi connectivity index (χ0) is 17.9. The summed E-state index contributed by atoms with van der Waals surface area (Å²) >= 11 is 0. The highest BCUT2D eigenvalue weighted by Gasteiger charge is 2.36. The summed E-state index contributed by atoms with van der Waals surface area (Å²) in [5, 5.41) is 3.53. The van der Waals surface area contributed by atoms with Crippen LogP contribution in [0.3, 0.4) is 0 Å². The van der Waals surface area contributed by atoms with Gasteiger partial charge in [-0.05, 0) is 46.6 Å². The molecule has 1 aliphatic rings. The minimum Gasteiger partial charge on any atom is -0.469 e. The second-order valence-electron chi connectivity index (χ2n) is 8.40. The van der Waals surface area contributed by atoms with Gasteiger partial charge in [0.25, 0.3) is 0 Å². The van der Waals surface area contributed by atoms with E-state index in [1.54, 1.807) is 0 Å². The maximum Gasteiger partial charge on any atom is 0.311 e. The lowest BCUT2D eigenvalue weighted by Gasteiger charge is -2.34. The Balaban J connectivity index is 2.71. The van der Waals surface area contributed by atoms with E-state index < -0.39 is 0 Å². The Morgan fingerprint density at radius 2 is 1.21 bits per heavy atom. The second kappa shape index (κ2) is 11.1. The van der Waals surface area contributed by atoms with Crippen molar-refractivity contribution in [1.82, 2.24) is 5.32 Å². The van der Waals surface area contributed by atoms with E-state index in [2.05, 4.69) is 26.2 Å². The summed E-state index contributed by atoms with van der Waals surface area (Å²) in [5.41, 5.74) is -0.198. The van der Waals surface area contributed by atoms with Gasteiger partial charge in [0.2, 0.25) is 0 Å². The number of ether oxygens (including phenoxy) is 1. The molecule has 0 aromatic heterocycles. The van der Waals surface area contributed by atoms with Gasteiger partial charge in [-0.1, -0.05) is 64.2 Å². The summed E-state index contributed by atoms with van der Waals surface area (Å²) in [6, 6.07) is 0. The molecule has 2 atom stereocenters. The van der Waals surface area contributed by atoms with Crippen LogP contribution in [-0.2, 0) is 9.53 Å². The van der Waals surface area contributed by atoms with E-state index in [9.17, 15) is 4.79 Å². The average molecular weight is 340 g/mol. The molecule has 24 heavy (non-hydrogen) atoms. The molecule has 142 valence electrons. The number of carbonyl (C=O) groups excluding carboxylic acids is 1. The van der Waals surface area contributed by atoms with Crippen molar-refractivity contribution in [1.29, 1.82) is 0 Å². The molecule has 1 N–H and O–H groups in total. The number of hydrogen-bond acceptors (Lipinski definition) is 3. The van der Waals surface area contributed by atoms with E-state index in [1.165, 1.54) is 71.3 Å². The van der Waals surface area contributed by atoms with E-state index in [1.807, 2.05) is 0 Å². The van der Waals surface area contributed by atoms with Crippen LogP contribution in [0.2, 0.25) is 0 Å². The van der Waals surface area contributed by atoms with Crippen molar-refractivity contribution in [2.24, 2.45) is 5.41 Å². The summed E-state index contributed by atoms with van der Waals surface area (Å²) in [6.07, 6.45) is 17.3. The van der Waals surface area contributed by atoms with Gasteiger partial charge in [-0.25, -0.2) is 0 Å². The van der Waals surface area contributed by atoms with E-state index in [0.29, 0.717) is 0 Å². The van der Waals surface area contributed by atoms with Gasteiger partial charge in [-0.3, -0.25) is 4.79 Å². The molecule has 0 aromatic carbocycles. The predicted molar refractivity (Wildman–Crippen MR) is 102 cm³/mol. The summed E-state index contributed by atoms with van der Waals surface area (Å²) in [6.45, 7) is 4.42. The monoisotopic (exact) mass is 339 g/mol. The van der Waals surface area contributed by atoms with E-state index in [4.69, 9.17) is 4.74 Å². The predicted octanol–water partition coefficient (Wildman–Crippen LogP) is 5.62. The fraction of sp³-hybridized carbons (Fsp3) is 0.952. The molecule has 1 aliphatic carbocycles. The number of nitrogens with one attached hydrogen (secondary N) is 1. The van der Waals surface area contributed by atoms with Crippen molar-refractivity contribution in [3.8, 4) is 0 Å². The molecule has 0 amide bonds. The van der Waals surface area contributed by atoms with Crippen LogP contribution >= 0.6 is 0 Å². The molecule has 0 bridgehead atoms. The molecule has 1 rings (SSSR count). The SMILES string of the molecule is CNC1(C)CCCCCCCCCCCCC(C)(C(=O)OC)CC1. The number of carbonyl (C=O) groups is 1. The van der Waals surface area contributed by atoms with Gasteiger partial charge in [-0.15, -0.1) is 0 Å². The van der Waals surface area contributed by atoms with Crippen molar-refractivity contribution in [3.63, 3.8) is 0 Å². The molecule has 0 saturated heterocycles. The van der Waals surface area contributed by atoms with E-state index >= 15 is 0 Å². The molecule has 0 aliphatic heterocycles. The number of rotatable bonds is 2. The van der Waals surface area contributed by atoms with Crippen molar-refractivity contribution in [2.45, 2.75) is 109 Å². The Hall–Kier alpha value is -0.570. The molecular weight excluding hydrogens is 298 g/mol. The van der Waals surface area contributed by atoms with Crippen LogP contribution in [0.15, 0.2) is 0 Å². The van der Waals surface area contributed by atoms with Crippen molar-refractivity contribution in [3.05, 3.63) is 0 Å². The van der Waals surface area contributed by atoms with Crippen LogP contribution in [0.4, 0.5) is 0 Å². The molecule has 0 radical (unpaired) electrons. The second-order valence-corrected chi connectivity index (χ2v) is 8.40. The van der Waals surface area contributed by atoms with Crippen LogP contribution in [0.5, 0.6) is 0 Å². The Labute approximate surface area is 150 Å². The normalized spacial score (nSPS) is 32.2. The highest BCUT2D eigenvalue weighted by Crippen LogP contribution is 2.35. The van der Waals surface area contributed by atoms with E-state index in [0.717, 1.165) is 25.7 Å². The van der Waals surface area contributed by atoms with Gasteiger partial charge in [-0.2, -0.15) is 0 Å². The zero-order valence-corrected chi connectivity index (χ0v) is 16.7. The molecule has 0 aromatic rings. The fourth-order valence-electron chi connectivity index (χ4n) is 3.95. The van der Waals surface area contributed by atoms with Crippen molar-refractivity contribution in [2.75, 3.05) is 14.2 Å². The molecule has 1 saturated carbocycles. The minimum absolute atomic E-state index is 0.0259. The highest BCUT2D eigenvalue weighted by atomic mass is 16.5. The third-order valence-electron chi connectivity index (χ3n) is 6.22. The first-order chi connectivity index (χ1) is 11.5. The summed E-state index contributed by atoms with van der Waals surface area (Å²) in [4.78, 5) is 12.4. The van der Waals surface area contributed by atoms with Gasteiger partial charge < -0.3 is 10.1 Å². The highest BCUT2D eigenvalue weighted by molar-refractivity contribution is 5.76. The first-order valence-electron chi connectivity index (χ1n) is 10.2. The number of hydrogen-bond donors (Lipinski definition) is 1. The first-order valence-corrected chi connectivity index (χ1v) is 10.2. The van der Waals surface area contributed by atoms with Crippen LogP contribution in [0.25, 0.3) is 0 Å². The molecule has 0 spiro atoms. The minimum atomic E-state index is -0.329. The molecular formula is C21H41NO2. The van der Waals surface area contributed by atoms with Crippen LogP contribution in [0.1, 0.15) is 104 Å². The maximum atomic E-state index is 12.4. The fourth-order valence-corrected chi connectivity index (χ4v) is 3.95. The number of esters is 1. The zero-order valence-electron chi connectivity index (χ0n) is 16.7. The molecule has 1 fully saturated rings. The lowest BCUT2D eigenvalue weighted by atomic mass is 9.76. The van der Waals surface area contributed by atoms with Gasteiger partial charge in [0.15, 0.2) is 0 Å². The van der Waals surface area contributed by atoms with Crippen molar-refractivity contribution >= 4 is 5.97 Å². The molecule has 0 heterocycles. The van der Waals surface area contributed by atoms with Crippen molar-refractivity contribution < 1.29 is 9.53 Å². The third kappa shape index (κ3) is 7.55. The smallest absolute Gasteiger partial charge is 0.311 e. The Bertz CT molecular complexity index is 358. The summed E-state index contributed by atoms with van der Waals surface area (Å²) < 4.78 is 5.14. The van der Waals surface area contributed by atoms with Crippen LogP contribution in [-0.4, -0.2) is 25.7 Å². The third-order valence-corrected chi connectivity index (χ3v) is 6.22. The van der Waals surface area contributed by atoms with E-state index in [-0.39, 0.29) is 16.9 Å². The largest absolute Gasteiger partial charge is 0.469 e. The van der Waals surface area contributed by atoms with Gasteiger partial charge in [0.05, 0.1) is 12.5 Å². The topological polar surface area (TPSA) is 38.3 Å². The molecule has 3 heteroatoms. The summed E-state index contributed by atoms with van der Waals surface area (Å²) in [5.74, 6) is -0.0259. The first kappa shape index (κ1) is 21.5. The molecule has 2 unspecified atom stereocenters. The maximum absolute atomic E-state index is 12.4.